The summed E-state index contributed by atoms with van der Waals surface area (Å²) in [6.07, 6.45) is 6.43. The Kier molecular flexibility index (Phi) is 9.06. The smallest absolute Gasteiger partial charge is 0.228 e. The van der Waals surface area contributed by atoms with Crippen molar-refractivity contribution in [2.24, 2.45) is 16.7 Å². The monoisotopic (exact) mass is 628 g/mol. The molecule has 3 heterocycles. The number of halogens is 2. The highest BCUT2D eigenvalue weighted by Gasteiger charge is 2.50. The van der Waals surface area contributed by atoms with Crippen LogP contribution in [-0.4, -0.2) is 68.8 Å². The van der Waals surface area contributed by atoms with Crippen LogP contribution in [0.5, 0.6) is 0 Å². The highest BCUT2D eigenvalue weighted by atomic mass is 32.1. The van der Waals surface area contributed by atoms with Crippen molar-refractivity contribution in [3.05, 3.63) is 52.0 Å². The molecule has 242 valence electrons. The van der Waals surface area contributed by atoms with Gasteiger partial charge in [0.2, 0.25) is 11.8 Å². The molecule has 1 aliphatic carbocycles. The fourth-order valence-electron chi connectivity index (χ4n) is 7.50. The number of likely N-dealkylation sites (tertiary alicyclic amines) is 2. The molecule has 1 saturated carbocycles. The quantitative estimate of drug-likeness (QED) is 0.346. The number of benzene rings is 1. The van der Waals surface area contributed by atoms with Crippen molar-refractivity contribution < 1.29 is 18.4 Å². The zero-order valence-electron chi connectivity index (χ0n) is 27.7. The van der Waals surface area contributed by atoms with Crippen LogP contribution in [0.25, 0.3) is 0 Å². The third-order valence-corrected chi connectivity index (χ3v) is 11.1. The lowest BCUT2D eigenvalue weighted by Gasteiger charge is -2.45. The van der Waals surface area contributed by atoms with E-state index in [0.717, 1.165) is 36.8 Å². The molecule has 1 aromatic carbocycles. The average molecular weight is 629 g/mol. The van der Waals surface area contributed by atoms with Gasteiger partial charge < -0.3 is 9.80 Å². The van der Waals surface area contributed by atoms with Gasteiger partial charge in [-0.1, -0.05) is 40.7 Å². The maximum Gasteiger partial charge on any atom is 0.228 e. The Balaban J connectivity index is 1.50. The minimum atomic E-state index is -0.624. The number of hydrogen-bond donors (Lipinski definition) is 0. The van der Waals surface area contributed by atoms with Gasteiger partial charge in [-0.05, 0) is 69.9 Å². The molecule has 4 atom stereocenters. The van der Waals surface area contributed by atoms with E-state index in [9.17, 15) is 14.0 Å². The molecular weight excluding hydrogens is 578 g/mol. The van der Waals surface area contributed by atoms with E-state index in [1.807, 2.05) is 31.1 Å². The molecule has 2 saturated heterocycles. The second kappa shape index (κ2) is 12.1. The lowest BCUT2D eigenvalue weighted by molar-refractivity contribution is -0.147. The molecule has 9 heteroatoms. The highest BCUT2D eigenvalue weighted by Crippen LogP contribution is 2.45. The van der Waals surface area contributed by atoms with Gasteiger partial charge in [0.15, 0.2) is 0 Å². The maximum atomic E-state index is 15.2. The highest BCUT2D eigenvalue weighted by molar-refractivity contribution is 7.09. The summed E-state index contributed by atoms with van der Waals surface area (Å²) in [6, 6.07) is 3.45. The van der Waals surface area contributed by atoms with Crippen LogP contribution in [0.4, 0.5) is 8.78 Å². The first-order valence-electron chi connectivity index (χ1n) is 16.2. The molecule has 5 rings (SSSR count). The summed E-state index contributed by atoms with van der Waals surface area (Å²) in [5.74, 6) is -2.06. The van der Waals surface area contributed by atoms with Gasteiger partial charge in [0, 0.05) is 60.2 Å². The molecule has 44 heavy (non-hydrogen) atoms. The van der Waals surface area contributed by atoms with Crippen LogP contribution in [0.15, 0.2) is 29.8 Å². The minimum absolute atomic E-state index is 0.0406. The molecule has 6 nitrogen and oxygen atoms in total. The number of amides is 2. The molecule has 0 spiro atoms. The van der Waals surface area contributed by atoms with Gasteiger partial charge in [0.05, 0.1) is 18.0 Å². The van der Waals surface area contributed by atoms with Crippen molar-refractivity contribution in [3.63, 3.8) is 0 Å². The molecule has 3 aliphatic rings. The molecular formula is C35H50F2N4O2S. The Bertz CT molecular complexity index is 1340. The first kappa shape index (κ1) is 33.0. The topological polar surface area (TPSA) is 56.8 Å². The minimum Gasteiger partial charge on any atom is -0.334 e. The van der Waals surface area contributed by atoms with Crippen LogP contribution in [-0.2, 0) is 9.59 Å². The molecule has 0 N–H and O–H groups in total. The summed E-state index contributed by atoms with van der Waals surface area (Å²) >= 11 is 1.53. The normalized spacial score (nSPS) is 26.7. The van der Waals surface area contributed by atoms with Crippen LogP contribution in [0, 0.1) is 28.4 Å². The Labute approximate surface area is 266 Å². The van der Waals surface area contributed by atoms with Gasteiger partial charge >= 0.3 is 0 Å². The number of nitrogens with zero attached hydrogens (tertiary/aromatic N) is 4. The third kappa shape index (κ3) is 6.74. The van der Waals surface area contributed by atoms with Crippen LogP contribution < -0.4 is 0 Å². The van der Waals surface area contributed by atoms with E-state index in [0.29, 0.717) is 31.6 Å². The van der Waals surface area contributed by atoms with Gasteiger partial charge in [-0.15, -0.1) is 11.3 Å². The predicted octanol–water partition coefficient (Wildman–Crippen LogP) is 7.42. The van der Waals surface area contributed by atoms with Crippen molar-refractivity contribution in [3.8, 4) is 0 Å². The number of rotatable bonds is 5. The number of carbonyl (C=O) groups is 2. The van der Waals surface area contributed by atoms with E-state index >= 15 is 4.39 Å². The van der Waals surface area contributed by atoms with Crippen molar-refractivity contribution in [1.29, 1.82) is 0 Å². The van der Waals surface area contributed by atoms with Crippen LogP contribution in [0.1, 0.15) is 110 Å². The number of hydrogen-bond acceptors (Lipinski definition) is 5. The van der Waals surface area contributed by atoms with E-state index in [2.05, 4.69) is 49.4 Å². The average Bonchev–Trinajstić information content (AvgIpc) is 3.68. The second-order valence-corrected chi connectivity index (χ2v) is 17.0. The predicted molar refractivity (Wildman–Crippen MR) is 171 cm³/mol. The zero-order chi connectivity index (χ0) is 32.2. The van der Waals surface area contributed by atoms with E-state index in [4.69, 9.17) is 0 Å². The number of aromatic nitrogens is 1. The Morgan fingerprint density at radius 2 is 1.68 bits per heavy atom. The maximum absolute atomic E-state index is 15.2. The Morgan fingerprint density at radius 3 is 2.25 bits per heavy atom. The standard InChI is InChI=1S/C35H50F2N4O2S/c1-33(2,3)32(43)41(23-11-13-35(7,8)14-12-23)24-18-29(30-38-15-16-44-30)40(19-24)31(42)27-21-39(34(4,5)6)20-26(27)25-10-9-22(36)17-28(25)37/h9-10,15-17,23-24,26-27,29H,11-14,18-21H2,1-8H3/t24?,26-,27+,29+/m0/s1. The fourth-order valence-corrected chi connectivity index (χ4v) is 8.27. The SMILES string of the molecule is CC1(C)CCC(N(C(=O)C(C)(C)C)C2C[C@H](c3nccs3)N(C(=O)[C@@H]3CN(C(C)(C)C)C[C@H]3c3ccc(F)cc3F)C2)CC1. The van der Waals surface area contributed by atoms with Crippen LogP contribution >= 0.6 is 11.3 Å². The molecule has 0 radical (unpaired) electrons. The van der Waals surface area contributed by atoms with Crippen LogP contribution in [0.2, 0.25) is 0 Å². The van der Waals surface area contributed by atoms with E-state index in [-0.39, 0.29) is 40.9 Å². The summed E-state index contributed by atoms with van der Waals surface area (Å²) in [7, 11) is 0. The third-order valence-electron chi connectivity index (χ3n) is 10.2. The van der Waals surface area contributed by atoms with E-state index in [1.165, 1.54) is 23.5 Å². The first-order valence-corrected chi connectivity index (χ1v) is 17.1. The summed E-state index contributed by atoms with van der Waals surface area (Å²) in [5, 5.41) is 2.80. The second-order valence-electron chi connectivity index (χ2n) is 16.1. The molecule has 1 aromatic heterocycles. The number of carbonyl (C=O) groups excluding carboxylic acids is 2. The fraction of sp³-hybridized carbons (Fsp3) is 0.686. The summed E-state index contributed by atoms with van der Waals surface area (Å²) in [5.41, 5.74) is -0.130. The van der Waals surface area contributed by atoms with Crippen molar-refractivity contribution in [2.75, 3.05) is 19.6 Å². The molecule has 2 amide bonds. The van der Waals surface area contributed by atoms with Gasteiger partial charge in [-0.2, -0.15) is 0 Å². The van der Waals surface area contributed by atoms with Gasteiger partial charge in [0.1, 0.15) is 16.6 Å². The summed E-state index contributed by atoms with van der Waals surface area (Å²) in [6.45, 7) is 18.3. The summed E-state index contributed by atoms with van der Waals surface area (Å²) in [4.78, 5) is 39.8. The van der Waals surface area contributed by atoms with E-state index in [1.54, 1.807) is 6.20 Å². The Hall–Kier alpha value is -2.39. The van der Waals surface area contributed by atoms with E-state index < -0.39 is 28.9 Å². The largest absolute Gasteiger partial charge is 0.334 e. The van der Waals surface area contributed by atoms with Crippen LogP contribution in [0.3, 0.4) is 0 Å². The van der Waals surface area contributed by atoms with Crippen molar-refractivity contribution >= 4 is 23.2 Å². The lowest BCUT2D eigenvalue weighted by Crippen LogP contribution is -2.54. The molecule has 2 aliphatic heterocycles. The molecule has 0 bridgehead atoms. The molecule has 3 fully saturated rings. The van der Waals surface area contributed by atoms with Gasteiger partial charge in [0.25, 0.3) is 0 Å². The molecule has 2 aromatic rings. The number of thiazole rings is 1. The zero-order valence-corrected chi connectivity index (χ0v) is 28.5. The van der Waals surface area contributed by atoms with Crippen molar-refractivity contribution in [1.82, 2.24) is 19.7 Å². The lowest BCUT2D eigenvalue weighted by atomic mass is 9.74. The van der Waals surface area contributed by atoms with Gasteiger partial charge in [-0.3, -0.25) is 14.5 Å². The first-order chi connectivity index (χ1) is 20.5. The Morgan fingerprint density at radius 1 is 1.00 bits per heavy atom. The van der Waals surface area contributed by atoms with Crippen molar-refractivity contribution in [2.45, 2.75) is 117 Å². The summed E-state index contributed by atoms with van der Waals surface area (Å²) < 4.78 is 29.1. The van der Waals surface area contributed by atoms with Gasteiger partial charge in [-0.25, -0.2) is 13.8 Å². The molecule has 1 unspecified atom stereocenters.